The van der Waals surface area contributed by atoms with Crippen molar-refractivity contribution in [3.05, 3.63) is 42.0 Å². The van der Waals surface area contributed by atoms with Crippen LogP contribution in [-0.2, 0) is 21.3 Å². The van der Waals surface area contributed by atoms with E-state index in [1.165, 1.54) is 12.0 Å². The average Bonchev–Trinajstić information content (AvgIpc) is 2.76. The molecule has 0 N–H and O–H groups in total. The maximum Gasteiger partial charge on any atom is -1.00 e. The summed E-state index contributed by atoms with van der Waals surface area (Å²) in [6.45, 7) is 6.83. The minimum atomic E-state index is -1.69. The van der Waals surface area contributed by atoms with Gasteiger partial charge in [0.1, 0.15) is 0 Å². The first-order valence-corrected chi connectivity index (χ1v) is 9.75. The van der Waals surface area contributed by atoms with Gasteiger partial charge in [0.25, 0.3) is 0 Å². The summed E-state index contributed by atoms with van der Waals surface area (Å²) in [5.74, 6) is 0.651. The first-order chi connectivity index (χ1) is 7.11. The molecule has 2 rings (SSSR count). The molecular weight excluding hydrogens is 330 g/mol. The van der Waals surface area contributed by atoms with Gasteiger partial charge in [-0.1, -0.05) is 0 Å². The van der Waals surface area contributed by atoms with Gasteiger partial charge in [0.15, 0.2) is 0 Å². The summed E-state index contributed by atoms with van der Waals surface area (Å²) in [6, 6.07) is 0. The Kier molecular flexibility index (Phi) is 7.14. The molecule has 0 aliphatic heterocycles. The van der Waals surface area contributed by atoms with Gasteiger partial charge in [-0.2, -0.15) is 0 Å². The molecule has 0 fully saturated rings. The Balaban J connectivity index is 0.00000128. The molecule has 92 valence electrons. The normalized spacial score (nSPS) is 21.2. The van der Waals surface area contributed by atoms with Crippen molar-refractivity contribution >= 4 is 4.21 Å². The van der Waals surface area contributed by atoms with E-state index in [1.54, 1.807) is 12.1 Å². The van der Waals surface area contributed by atoms with E-state index in [9.17, 15) is 0 Å². The molecule has 0 heterocycles. The van der Waals surface area contributed by atoms with Crippen LogP contribution in [0.5, 0.6) is 0 Å². The summed E-state index contributed by atoms with van der Waals surface area (Å²) in [5, 5.41) is 0. The molecule has 0 saturated heterocycles. The van der Waals surface area contributed by atoms with Crippen LogP contribution in [0.15, 0.2) is 42.0 Å². The van der Waals surface area contributed by atoms with Crippen LogP contribution in [0, 0.1) is 5.92 Å². The molecule has 0 aromatic rings. The number of hydrogen-bond acceptors (Lipinski definition) is 0. The van der Waals surface area contributed by atoms with E-state index in [0.717, 1.165) is 0 Å². The van der Waals surface area contributed by atoms with Crippen LogP contribution < -0.4 is 24.8 Å². The van der Waals surface area contributed by atoms with Crippen molar-refractivity contribution in [2.45, 2.75) is 27.2 Å². The smallest absolute Gasteiger partial charge is 1.00 e. The van der Waals surface area contributed by atoms with Crippen LogP contribution >= 0.6 is 0 Å². The number of rotatable bonds is 2. The molecule has 0 aromatic heterocycles. The van der Waals surface area contributed by atoms with Crippen LogP contribution in [-0.4, -0.2) is 4.21 Å². The van der Waals surface area contributed by atoms with Gasteiger partial charge in [-0.3, -0.25) is 0 Å². The third kappa shape index (κ3) is 3.40. The first-order valence-electron chi connectivity index (χ1n) is 5.56. The molecular formula is C14H18Cl2Zr. The number of halogens is 2. The zero-order valence-corrected chi connectivity index (χ0v) is 14.5. The predicted molar refractivity (Wildman–Crippen MR) is 64.6 cm³/mol. The van der Waals surface area contributed by atoms with Gasteiger partial charge in [-0.05, 0) is 0 Å². The Labute approximate surface area is 125 Å². The Bertz CT molecular complexity index is 439. The van der Waals surface area contributed by atoms with Crippen LogP contribution in [0.4, 0.5) is 0 Å². The molecule has 0 spiro atoms. The molecule has 0 radical (unpaired) electrons. The summed E-state index contributed by atoms with van der Waals surface area (Å²) in [4.78, 5) is 0. The van der Waals surface area contributed by atoms with E-state index in [-0.39, 0.29) is 24.8 Å². The molecule has 0 bridgehead atoms. The van der Waals surface area contributed by atoms with Gasteiger partial charge >= 0.3 is 101 Å². The van der Waals surface area contributed by atoms with Crippen LogP contribution in [0.1, 0.15) is 27.2 Å². The largest absolute Gasteiger partial charge is 1.00 e. The molecule has 0 nitrogen and oxygen atoms in total. The summed E-state index contributed by atoms with van der Waals surface area (Å²) in [7, 11) is 0. The molecule has 3 heteroatoms. The van der Waals surface area contributed by atoms with Crippen molar-refractivity contribution in [2.75, 3.05) is 0 Å². The summed E-state index contributed by atoms with van der Waals surface area (Å²) in [5.41, 5.74) is 3.02. The maximum atomic E-state index is 4.53. The zero-order valence-electron chi connectivity index (χ0n) is 10.6. The van der Waals surface area contributed by atoms with Crippen LogP contribution in [0.3, 0.4) is 0 Å². The van der Waals surface area contributed by atoms with Gasteiger partial charge in [0.05, 0.1) is 0 Å². The molecule has 1 unspecified atom stereocenters. The van der Waals surface area contributed by atoms with E-state index < -0.39 is 21.3 Å². The minimum absolute atomic E-state index is 0. The first kappa shape index (κ1) is 17.3. The number of allylic oxidation sites excluding steroid dienone is 8. The molecule has 1 atom stereocenters. The monoisotopic (exact) mass is 346 g/mol. The van der Waals surface area contributed by atoms with Gasteiger partial charge in [-0.25, -0.2) is 0 Å². The Hall–Kier alpha value is 0.293. The summed E-state index contributed by atoms with van der Waals surface area (Å²) in [6.07, 6.45) is 10.3. The molecule has 0 saturated carbocycles. The van der Waals surface area contributed by atoms with Gasteiger partial charge in [0, 0.05) is 0 Å². The van der Waals surface area contributed by atoms with Crippen molar-refractivity contribution < 1.29 is 46.1 Å². The van der Waals surface area contributed by atoms with E-state index >= 15 is 0 Å². The standard InChI is InChI=1S/C8H11.C5H5.CH2.2ClH.Zr/c1-6-4-7(2)8(3)5-6;1-2-4-5-3-1;;;;/h4,6H,1-3H3;1-3H,4H2;1H2;2*1H;/q;;;;;+2/p-2. The molecule has 0 amide bonds. The Morgan fingerprint density at radius 1 is 1.29 bits per heavy atom. The second kappa shape index (κ2) is 7.02. The third-order valence-electron chi connectivity index (χ3n) is 3.43. The molecule has 17 heavy (non-hydrogen) atoms. The second-order valence-electron chi connectivity index (χ2n) is 4.48. The molecule has 2 aliphatic carbocycles. The van der Waals surface area contributed by atoms with Gasteiger partial charge in [0.2, 0.25) is 0 Å². The SMILES string of the molecule is [CH2]=[Zr+2]([C]1=CC=CC1)[C]1=C(C)C(C)=CC1C.[Cl-].[Cl-]. The quantitative estimate of drug-likeness (QED) is 0.529. The Morgan fingerprint density at radius 2 is 1.94 bits per heavy atom. The van der Waals surface area contributed by atoms with Crippen molar-refractivity contribution in [1.29, 1.82) is 0 Å². The van der Waals surface area contributed by atoms with E-state index in [2.05, 4.69) is 49.3 Å². The third-order valence-corrected chi connectivity index (χ3v) is 9.89. The fourth-order valence-electron chi connectivity index (χ4n) is 2.48. The second-order valence-corrected chi connectivity index (χ2v) is 9.74. The Morgan fingerprint density at radius 3 is 2.35 bits per heavy atom. The van der Waals surface area contributed by atoms with E-state index in [1.807, 2.05) is 0 Å². The van der Waals surface area contributed by atoms with Crippen LogP contribution in [0.2, 0.25) is 0 Å². The van der Waals surface area contributed by atoms with Crippen LogP contribution in [0.25, 0.3) is 0 Å². The average molecular weight is 348 g/mol. The van der Waals surface area contributed by atoms with E-state index in [4.69, 9.17) is 0 Å². The van der Waals surface area contributed by atoms with E-state index in [0.29, 0.717) is 5.92 Å². The topological polar surface area (TPSA) is 0 Å². The van der Waals surface area contributed by atoms with Crippen molar-refractivity contribution in [3.8, 4) is 0 Å². The maximum absolute atomic E-state index is 4.53. The molecule has 2 aliphatic rings. The van der Waals surface area contributed by atoms with Crippen molar-refractivity contribution in [3.63, 3.8) is 0 Å². The fraction of sp³-hybridized carbons (Fsp3) is 0.357. The summed E-state index contributed by atoms with van der Waals surface area (Å²) < 4.78 is 7.90. The molecule has 0 aromatic carbocycles. The van der Waals surface area contributed by atoms with Crippen molar-refractivity contribution in [2.24, 2.45) is 5.92 Å². The van der Waals surface area contributed by atoms with Gasteiger partial charge < -0.3 is 24.8 Å². The fourth-order valence-corrected chi connectivity index (χ4v) is 8.11. The van der Waals surface area contributed by atoms with Crippen molar-refractivity contribution in [1.82, 2.24) is 0 Å². The summed E-state index contributed by atoms with van der Waals surface area (Å²) >= 11 is -1.69. The minimum Gasteiger partial charge on any atom is -1.00 e. The zero-order chi connectivity index (χ0) is 11.0. The predicted octanol–water partition coefficient (Wildman–Crippen LogP) is -2.24. The van der Waals surface area contributed by atoms with Gasteiger partial charge in [-0.15, -0.1) is 0 Å². The number of hydrogen-bond donors (Lipinski definition) is 0.